The van der Waals surface area contributed by atoms with Crippen LogP contribution in [-0.2, 0) is 12.6 Å². The molecule has 0 amide bonds. The summed E-state index contributed by atoms with van der Waals surface area (Å²) in [5.74, 6) is 0.131. The number of hydrogen-bond donors (Lipinski definition) is 0. The van der Waals surface area contributed by atoms with Crippen LogP contribution in [0, 0.1) is 11.7 Å². The molecule has 4 heteroatoms. The Morgan fingerprint density at radius 1 is 0.958 bits per heavy atom. The molecule has 0 saturated carbocycles. The zero-order valence-corrected chi connectivity index (χ0v) is 13.7. The van der Waals surface area contributed by atoms with Gasteiger partial charge in [-0.2, -0.15) is 13.2 Å². The van der Waals surface area contributed by atoms with Gasteiger partial charge in [-0.3, -0.25) is 0 Å². The maximum absolute atomic E-state index is 13.0. The van der Waals surface area contributed by atoms with Crippen LogP contribution in [0.15, 0.2) is 54.1 Å². The maximum Gasteiger partial charge on any atom is 0.416 e. The molecular weight excluding hydrogens is 316 g/mol. The number of benzene rings is 2. The average Bonchev–Trinajstić information content (AvgIpc) is 2.48. The van der Waals surface area contributed by atoms with Crippen molar-refractivity contribution in [3.8, 4) is 0 Å². The van der Waals surface area contributed by atoms with Crippen molar-refractivity contribution in [2.75, 3.05) is 0 Å². The van der Waals surface area contributed by atoms with E-state index in [1.54, 1.807) is 12.1 Å². The first-order chi connectivity index (χ1) is 11.2. The van der Waals surface area contributed by atoms with Crippen molar-refractivity contribution in [1.29, 1.82) is 0 Å². The van der Waals surface area contributed by atoms with Crippen LogP contribution in [0.3, 0.4) is 0 Å². The Hall–Kier alpha value is -2.10. The van der Waals surface area contributed by atoms with Crippen LogP contribution in [-0.4, -0.2) is 0 Å². The van der Waals surface area contributed by atoms with Crippen LogP contribution >= 0.6 is 0 Å². The summed E-state index contributed by atoms with van der Waals surface area (Å²) < 4.78 is 50.9. The lowest BCUT2D eigenvalue weighted by Crippen LogP contribution is -2.04. The van der Waals surface area contributed by atoms with Crippen molar-refractivity contribution in [2.45, 2.75) is 32.9 Å². The first kappa shape index (κ1) is 18.2. The Kier molecular flexibility index (Phi) is 5.81. The van der Waals surface area contributed by atoms with Gasteiger partial charge >= 0.3 is 6.18 Å². The van der Waals surface area contributed by atoms with Gasteiger partial charge < -0.3 is 0 Å². The number of allylic oxidation sites excluding steroid dienone is 1. The van der Waals surface area contributed by atoms with E-state index in [0.717, 1.165) is 35.3 Å². The van der Waals surface area contributed by atoms with E-state index < -0.39 is 11.7 Å². The average molecular weight is 336 g/mol. The second-order valence-electron chi connectivity index (χ2n) is 6.32. The predicted octanol–water partition coefficient (Wildman–Crippen LogP) is 6.52. The summed E-state index contributed by atoms with van der Waals surface area (Å²) in [7, 11) is 0. The Bertz CT molecular complexity index is 677. The van der Waals surface area contributed by atoms with Crippen LogP contribution in [0.5, 0.6) is 0 Å². The minimum Gasteiger partial charge on any atom is -0.207 e. The fourth-order valence-corrected chi connectivity index (χ4v) is 2.57. The molecule has 2 aromatic carbocycles. The van der Waals surface area contributed by atoms with E-state index in [9.17, 15) is 17.6 Å². The van der Waals surface area contributed by atoms with E-state index in [0.29, 0.717) is 12.3 Å². The molecule has 0 spiro atoms. The summed E-state index contributed by atoms with van der Waals surface area (Å²) in [6, 6.07) is 11.4. The molecule has 2 rings (SSSR count). The molecule has 0 aliphatic heterocycles. The van der Waals surface area contributed by atoms with E-state index in [4.69, 9.17) is 0 Å². The van der Waals surface area contributed by atoms with Gasteiger partial charge in [-0.05, 0) is 54.2 Å². The maximum atomic E-state index is 13.0. The fraction of sp³-hybridized carbons (Fsp3) is 0.300. The topological polar surface area (TPSA) is 0 Å². The first-order valence-electron chi connectivity index (χ1n) is 7.85. The van der Waals surface area contributed by atoms with E-state index in [1.165, 1.54) is 24.3 Å². The third-order valence-corrected chi connectivity index (χ3v) is 3.62. The standard InChI is InChI=1S/C20H20F4/c1-14(2)11-17(13-16-5-9-19(21)10-6-16)12-15-3-7-18(8-4-15)20(22,23)24/h3-10,13-14H,11-12H2,1-2H3/b17-13-. The molecule has 0 heterocycles. The molecule has 24 heavy (non-hydrogen) atoms. The molecule has 0 bridgehead atoms. The van der Waals surface area contributed by atoms with Crippen LogP contribution in [0.2, 0.25) is 0 Å². The van der Waals surface area contributed by atoms with Gasteiger partial charge in [0.15, 0.2) is 0 Å². The van der Waals surface area contributed by atoms with Crippen molar-refractivity contribution in [3.63, 3.8) is 0 Å². The molecule has 0 aromatic heterocycles. The molecule has 0 nitrogen and oxygen atoms in total. The SMILES string of the molecule is CC(C)C/C(=C/c1ccc(F)cc1)Cc1ccc(C(F)(F)F)cc1. The normalized spacial score (nSPS) is 12.7. The van der Waals surface area contributed by atoms with Crippen molar-refractivity contribution in [3.05, 3.63) is 76.6 Å². The summed E-state index contributed by atoms with van der Waals surface area (Å²) >= 11 is 0. The largest absolute Gasteiger partial charge is 0.416 e. The smallest absolute Gasteiger partial charge is 0.207 e. The monoisotopic (exact) mass is 336 g/mol. The summed E-state index contributed by atoms with van der Waals surface area (Å²) in [5.41, 5.74) is 2.19. The lowest BCUT2D eigenvalue weighted by molar-refractivity contribution is -0.137. The highest BCUT2D eigenvalue weighted by molar-refractivity contribution is 5.53. The number of rotatable bonds is 5. The zero-order valence-electron chi connectivity index (χ0n) is 13.7. The van der Waals surface area contributed by atoms with E-state index in [-0.39, 0.29) is 5.82 Å². The quantitative estimate of drug-likeness (QED) is 0.545. The summed E-state index contributed by atoms with van der Waals surface area (Å²) in [5, 5.41) is 0. The summed E-state index contributed by atoms with van der Waals surface area (Å²) in [6.45, 7) is 4.18. The highest BCUT2D eigenvalue weighted by Crippen LogP contribution is 2.29. The van der Waals surface area contributed by atoms with Gasteiger partial charge in [0.1, 0.15) is 5.82 Å². The summed E-state index contributed by atoms with van der Waals surface area (Å²) in [4.78, 5) is 0. The highest BCUT2D eigenvalue weighted by atomic mass is 19.4. The highest BCUT2D eigenvalue weighted by Gasteiger charge is 2.29. The molecule has 0 saturated heterocycles. The van der Waals surface area contributed by atoms with Gasteiger partial charge in [-0.25, -0.2) is 4.39 Å². The minimum absolute atomic E-state index is 0.291. The van der Waals surface area contributed by atoms with Crippen LogP contribution in [0.4, 0.5) is 17.6 Å². The molecule has 128 valence electrons. The molecule has 0 atom stereocenters. The minimum atomic E-state index is -4.32. The Morgan fingerprint density at radius 3 is 2.04 bits per heavy atom. The first-order valence-corrected chi connectivity index (χ1v) is 7.85. The number of halogens is 4. The second-order valence-corrected chi connectivity index (χ2v) is 6.32. The molecule has 0 aliphatic rings. The Balaban J connectivity index is 2.21. The Labute approximate surface area is 139 Å². The van der Waals surface area contributed by atoms with Gasteiger partial charge in [-0.1, -0.05) is 49.8 Å². The van der Waals surface area contributed by atoms with Gasteiger partial charge in [0, 0.05) is 0 Å². The summed E-state index contributed by atoms with van der Waals surface area (Å²) in [6.07, 6.45) is -0.924. The molecule has 2 aromatic rings. The molecule has 0 N–H and O–H groups in total. The molecule has 0 radical (unpaired) electrons. The van der Waals surface area contributed by atoms with E-state index in [1.807, 2.05) is 6.08 Å². The second kappa shape index (κ2) is 7.65. The van der Waals surface area contributed by atoms with E-state index in [2.05, 4.69) is 13.8 Å². The predicted molar refractivity (Wildman–Crippen MR) is 89.0 cm³/mol. The fourth-order valence-electron chi connectivity index (χ4n) is 2.57. The van der Waals surface area contributed by atoms with Crippen molar-refractivity contribution < 1.29 is 17.6 Å². The van der Waals surface area contributed by atoms with Gasteiger partial charge in [-0.15, -0.1) is 0 Å². The molecular formula is C20H20F4. The number of alkyl halides is 3. The lowest BCUT2D eigenvalue weighted by Gasteiger charge is -2.12. The van der Waals surface area contributed by atoms with Crippen molar-refractivity contribution >= 4 is 6.08 Å². The third kappa shape index (κ3) is 5.52. The lowest BCUT2D eigenvalue weighted by atomic mass is 9.94. The molecule has 0 aliphatic carbocycles. The zero-order chi connectivity index (χ0) is 17.7. The van der Waals surface area contributed by atoms with Crippen LogP contribution in [0.1, 0.15) is 37.0 Å². The van der Waals surface area contributed by atoms with Crippen molar-refractivity contribution in [1.82, 2.24) is 0 Å². The third-order valence-electron chi connectivity index (χ3n) is 3.62. The molecule has 0 unspecified atom stereocenters. The van der Waals surface area contributed by atoms with Gasteiger partial charge in [0.25, 0.3) is 0 Å². The van der Waals surface area contributed by atoms with Crippen molar-refractivity contribution in [2.24, 2.45) is 5.92 Å². The number of hydrogen-bond acceptors (Lipinski definition) is 0. The van der Waals surface area contributed by atoms with E-state index >= 15 is 0 Å². The Morgan fingerprint density at radius 2 is 1.54 bits per heavy atom. The molecule has 0 fully saturated rings. The van der Waals surface area contributed by atoms with Gasteiger partial charge in [0.2, 0.25) is 0 Å². The van der Waals surface area contributed by atoms with Crippen LogP contribution < -0.4 is 0 Å². The van der Waals surface area contributed by atoms with Crippen LogP contribution in [0.25, 0.3) is 6.08 Å². The van der Waals surface area contributed by atoms with Gasteiger partial charge in [0.05, 0.1) is 5.56 Å².